The summed E-state index contributed by atoms with van der Waals surface area (Å²) in [5.41, 5.74) is 9.87. The van der Waals surface area contributed by atoms with Crippen LogP contribution in [0.3, 0.4) is 0 Å². The molecule has 0 saturated carbocycles. The molecule has 3 N–H and O–H groups in total. The average Bonchev–Trinajstić information content (AvgIpc) is 3.26. The predicted molar refractivity (Wildman–Crippen MR) is 130 cm³/mol. The Morgan fingerprint density at radius 1 is 0.939 bits per heavy atom. The zero-order chi connectivity index (χ0) is 23.0. The summed E-state index contributed by atoms with van der Waals surface area (Å²) in [4.78, 5) is 35.6. The fourth-order valence-electron chi connectivity index (χ4n) is 3.34. The molecule has 2 aromatic heterocycles. The number of nitrogens with one attached hydrogen (secondary N) is 1. The van der Waals surface area contributed by atoms with Crippen molar-refractivity contribution in [1.29, 1.82) is 0 Å². The van der Waals surface area contributed by atoms with Crippen LogP contribution >= 0.6 is 11.3 Å². The molecule has 0 fully saturated rings. The minimum absolute atomic E-state index is 0.0524. The van der Waals surface area contributed by atoms with Crippen LogP contribution in [0.1, 0.15) is 11.1 Å². The zero-order valence-electron chi connectivity index (χ0n) is 17.8. The van der Waals surface area contributed by atoms with E-state index in [2.05, 4.69) is 15.3 Å². The molecule has 7 nitrogen and oxygen atoms in total. The van der Waals surface area contributed by atoms with Gasteiger partial charge in [-0.25, -0.2) is 4.98 Å². The van der Waals surface area contributed by atoms with Crippen LogP contribution in [0.5, 0.6) is 0 Å². The molecule has 166 valence electrons. The summed E-state index contributed by atoms with van der Waals surface area (Å²) in [7, 11) is 0. The van der Waals surface area contributed by atoms with E-state index in [9.17, 15) is 9.59 Å². The Hall–Kier alpha value is -4.04. The third kappa shape index (κ3) is 6.24. The quantitative estimate of drug-likeness (QED) is 0.417. The molecule has 4 rings (SSSR count). The largest absolute Gasteiger partial charge is 0.375 e. The Balaban J connectivity index is 1.43. The molecule has 0 aliphatic rings. The number of carbonyl (C=O) groups excluding carboxylic acids is 2. The lowest BCUT2D eigenvalue weighted by Crippen LogP contribution is -2.38. The molecule has 0 saturated heterocycles. The Morgan fingerprint density at radius 2 is 1.67 bits per heavy atom. The number of rotatable bonds is 8. The maximum absolute atomic E-state index is 13.0. The first kappa shape index (κ1) is 22.2. The van der Waals surface area contributed by atoms with Crippen molar-refractivity contribution in [3.05, 3.63) is 95.6 Å². The van der Waals surface area contributed by atoms with Gasteiger partial charge in [-0.05, 0) is 35.4 Å². The molecule has 0 aliphatic carbocycles. The predicted octanol–water partition coefficient (Wildman–Crippen LogP) is 4.00. The number of anilines is 2. The van der Waals surface area contributed by atoms with Crippen LogP contribution in [0.4, 0.5) is 10.8 Å². The molecule has 4 aromatic rings. The zero-order valence-corrected chi connectivity index (χ0v) is 18.7. The van der Waals surface area contributed by atoms with Gasteiger partial charge in [-0.2, -0.15) is 0 Å². The van der Waals surface area contributed by atoms with Crippen molar-refractivity contribution >= 4 is 34.0 Å². The number of hydrogen-bond donors (Lipinski definition) is 2. The summed E-state index contributed by atoms with van der Waals surface area (Å²) in [6.45, 7) is 0.297. The molecule has 0 aliphatic heterocycles. The van der Waals surface area contributed by atoms with E-state index in [1.54, 1.807) is 29.4 Å². The van der Waals surface area contributed by atoms with Crippen LogP contribution in [0.15, 0.2) is 84.5 Å². The molecule has 8 heteroatoms. The van der Waals surface area contributed by atoms with E-state index in [-0.39, 0.29) is 24.8 Å². The highest BCUT2D eigenvalue weighted by Crippen LogP contribution is 2.24. The first-order chi connectivity index (χ1) is 16.1. The van der Waals surface area contributed by atoms with Gasteiger partial charge in [-0.15, -0.1) is 11.3 Å². The van der Waals surface area contributed by atoms with E-state index in [1.165, 1.54) is 11.3 Å². The minimum Gasteiger partial charge on any atom is -0.375 e. The second kappa shape index (κ2) is 10.5. The van der Waals surface area contributed by atoms with Gasteiger partial charge in [0.05, 0.1) is 12.1 Å². The second-order valence-electron chi connectivity index (χ2n) is 7.46. The maximum atomic E-state index is 13.0. The van der Waals surface area contributed by atoms with Crippen molar-refractivity contribution in [2.45, 2.75) is 13.0 Å². The fraction of sp³-hybridized carbons (Fsp3) is 0.120. The number of aromatic nitrogens is 2. The molecule has 0 bridgehead atoms. The van der Waals surface area contributed by atoms with Crippen LogP contribution < -0.4 is 11.1 Å². The number of nitrogens with zero attached hydrogens (tertiary/aromatic N) is 3. The topological polar surface area (TPSA) is 101 Å². The van der Waals surface area contributed by atoms with Gasteiger partial charge in [0.15, 0.2) is 5.13 Å². The number of thiazole rings is 1. The molecule has 2 amide bonds. The van der Waals surface area contributed by atoms with E-state index in [4.69, 9.17) is 5.73 Å². The van der Waals surface area contributed by atoms with E-state index in [0.717, 1.165) is 22.4 Å². The van der Waals surface area contributed by atoms with Crippen molar-refractivity contribution in [2.24, 2.45) is 0 Å². The van der Waals surface area contributed by atoms with Gasteiger partial charge >= 0.3 is 0 Å². The Bertz CT molecular complexity index is 1210. The van der Waals surface area contributed by atoms with Gasteiger partial charge < -0.3 is 16.0 Å². The van der Waals surface area contributed by atoms with Crippen molar-refractivity contribution in [2.75, 3.05) is 17.6 Å². The molecular formula is C25H23N5O2S. The lowest BCUT2D eigenvalue weighted by atomic mass is 10.1. The summed E-state index contributed by atoms with van der Waals surface area (Å²) >= 11 is 1.38. The summed E-state index contributed by atoms with van der Waals surface area (Å²) in [6, 6.07) is 20.6. The van der Waals surface area contributed by atoms with Gasteiger partial charge in [0.25, 0.3) is 0 Å². The number of nitrogens with two attached hydrogens (primary N) is 1. The third-order valence-electron chi connectivity index (χ3n) is 4.99. The van der Waals surface area contributed by atoms with Crippen molar-refractivity contribution in [3.63, 3.8) is 0 Å². The lowest BCUT2D eigenvalue weighted by molar-refractivity contribution is -0.134. The highest BCUT2D eigenvalue weighted by molar-refractivity contribution is 7.13. The molecule has 33 heavy (non-hydrogen) atoms. The lowest BCUT2D eigenvalue weighted by Gasteiger charge is -2.22. The molecule has 0 atom stereocenters. The Morgan fingerprint density at radius 3 is 2.33 bits per heavy atom. The number of benzene rings is 2. The van der Waals surface area contributed by atoms with Crippen molar-refractivity contribution in [1.82, 2.24) is 14.9 Å². The highest BCUT2D eigenvalue weighted by atomic mass is 32.1. The normalized spacial score (nSPS) is 10.5. The van der Waals surface area contributed by atoms with Gasteiger partial charge in [-0.3, -0.25) is 14.6 Å². The molecule has 0 radical (unpaired) electrons. The van der Waals surface area contributed by atoms with E-state index in [1.807, 2.05) is 60.0 Å². The second-order valence-corrected chi connectivity index (χ2v) is 8.35. The highest BCUT2D eigenvalue weighted by Gasteiger charge is 2.18. The smallest absolute Gasteiger partial charge is 0.244 e. The average molecular weight is 458 g/mol. The molecule has 2 heterocycles. The molecule has 2 aromatic carbocycles. The van der Waals surface area contributed by atoms with Gasteiger partial charge in [0.2, 0.25) is 11.8 Å². The standard InChI is InChI=1S/C25H23N5O2S/c26-25-29-22(17-33-25)20-6-8-21(9-7-20)28-23(31)16-30(15-19-4-2-1-3-5-19)24(32)14-18-10-12-27-13-11-18/h1-13,17H,14-16H2,(H2,26,29)(H,28,31). The molecule has 0 spiro atoms. The first-order valence-electron chi connectivity index (χ1n) is 10.4. The summed E-state index contributed by atoms with van der Waals surface area (Å²) in [5, 5.41) is 5.27. The fourth-order valence-corrected chi connectivity index (χ4v) is 3.91. The SMILES string of the molecule is Nc1nc(-c2ccc(NC(=O)CN(Cc3ccccc3)C(=O)Cc3ccncc3)cc2)cs1. The minimum atomic E-state index is -0.264. The van der Waals surface area contributed by atoms with E-state index >= 15 is 0 Å². The number of nitrogen functional groups attached to an aromatic ring is 1. The summed E-state index contributed by atoms with van der Waals surface area (Å²) in [6.07, 6.45) is 3.51. The maximum Gasteiger partial charge on any atom is 0.244 e. The van der Waals surface area contributed by atoms with Crippen LogP contribution in [0.25, 0.3) is 11.3 Å². The molecular weight excluding hydrogens is 434 g/mol. The van der Waals surface area contributed by atoms with Crippen LogP contribution in [0.2, 0.25) is 0 Å². The van der Waals surface area contributed by atoms with Crippen LogP contribution in [-0.2, 0) is 22.6 Å². The number of hydrogen-bond acceptors (Lipinski definition) is 6. The summed E-state index contributed by atoms with van der Waals surface area (Å²) < 4.78 is 0. The van der Waals surface area contributed by atoms with Crippen molar-refractivity contribution in [3.8, 4) is 11.3 Å². The van der Waals surface area contributed by atoms with Gasteiger partial charge in [0.1, 0.15) is 6.54 Å². The molecule has 0 unspecified atom stereocenters. The van der Waals surface area contributed by atoms with E-state index in [0.29, 0.717) is 17.4 Å². The van der Waals surface area contributed by atoms with Crippen LogP contribution in [0, 0.1) is 0 Å². The first-order valence-corrected chi connectivity index (χ1v) is 11.3. The van der Waals surface area contributed by atoms with Gasteiger partial charge in [0, 0.05) is 35.6 Å². The van der Waals surface area contributed by atoms with E-state index < -0.39 is 0 Å². The number of amides is 2. The number of pyridine rings is 1. The monoisotopic (exact) mass is 457 g/mol. The Labute approximate surface area is 195 Å². The third-order valence-corrected chi connectivity index (χ3v) is 5.67. The number of carbonyl (C=O) groups is 2. The van der Waals surface area contributed by atoms with Gasteiger partial charge in [-0.1, -0.05) is 42.5 Å². The Kier molecular flexibility index (Phi) is 7.06. The van der Waals surface area contributed by atoms with Crippen molar-refractivity contribution < 1.29 is 9.59 Å². The van der Waals surface area contributed by atoms with Crippen LogP contribution in [-0.4, -0.2) is 33.2 Å². The summed E-state index contributed by atoms with van der Waals surface area (Å²) in [5.74, 6) is -0.392.